The fourth-order valence-electron chi connectivity index (χ4n) is 1.25. The first-order valence-electron chi connectivity index (χ1n) is 4.87. The van der Waals surface area contributed by atoms with Crippen LogP contribution in [0.25, 0.3) is 0 Å². The summed E-state index contributed by atoms with van der Waals surface area (Å²) in [5.74, 6) is -3.07. The first kappa shape index (κ1) is 14.5. The monoisotopic (exact) mass is 365 g/mol. The van der Waals surface area contributed by atoms with E-state index in [-0.39, 0.29) is 15.5 Å². The van der Waals surface area contributed by atoms with Gasteiger partial charge >= 0.3 is 5.69 Å². The molecule has 0 aliphatic heterocycles. The average Bonchev–Trinajstić information content (AvgIpc) is 2.38. The lowest BCUT2D eigenvalue weighted by atomic mass is 10.3. The van der Waals surface area contributed by atoms with Gasteiger partial charge in [-0.2, -0.15) is 4.39 Å². The normalized spacial score (nSPS) is 10.4. The number of aromatic nitrogens is 2. The van der Waals surface area contributed by atoms with Crippen molar-refractivity contribution in [3.8, 4) is 11.6 Å². The molecule has 104 valence electrons. The molecule has 1 aromatic heterocycles. The molecule has 0 bridgehead atoms. The number of halogens is 4. The summed E-state index contributed by atoms with van der Waals surface area (Å²) in [6, 6.07) is 0.970. The molecule has 0 saturated heterocycles. The van der Waals surface area contributed by atoms with Crippen LogP contribution in [0.3, 0.4) is 0 Å². The Labute approximate surface area is 123 Å². The number of hydrogen-bond donors (Lipinski definition) is 0. The summed E-state index contributed by atoms with van der Waals surface area (Å²) < 4.78 is 32.2. The van der Waals surface area contributed by atoms with Crippen LogP contribution in [0.2, 0.25) is 5.15 Å². The molecule has 0 saturated carbocycles. The van der Waals surface area contributed by atoms with E-state index >= 15 is 0 Å². The Hall–Kier alpha value is -1.87. The highest BCUT2D eigenvalue weighted by Crippen LogP contribution is 2.34. The van der Waals surface area contributed by atoms with Crippen LogP contribution in [0.15, 0.2) is 22.9 Å². The maximum absolute atomic E-state index is 13.6. The van der Waals surface area contributed by atoms with Crippen LogP contribution in [0.1, 0.15) is 0 Å². The lowest BCUT2D eigenvalue weighted by molar-refractivity contribution is -0.387. The van der Waals surface area contributed by atoms with Crippen LogP contribution >= 0.6 is 27.5 Å². The Morgan fingerprint density at radius 3 is 2.65 bits per heavy atom. The van der Waals surface area contributed by atoms with Crippen LogP contribution in [-0.2, 0) is 0 Å². The molecule has 0 unspecified atom stereocenters. The number of nitro benzene ring substituents is 1. The molecule has 0 aliphatic carbocycles. The summed E-state index contributed by atoms with van der Waals surface area (Å²) in [5.41, 5.74) is -0.991. The van der Waals surface area contributed by atoms with Crippen molar-refractivity contribution in [3.05, 3.63) is 49.8 Å². The van der Waals surface area contributed by atoms with Crippen LogP contribution in [0.5, 0.6) is 11.6 Å². The SMILES string of the molecule is O=[N+]([O-])c1cc(F)c(Oc2ncnc(Cl)c2Br)cc1F. The summed E-state index contributed by atoms with van der Waals surface area (Å²) >= 11 is 8.69. The van der Waals surface area contributed by atoms with E-state index in [1.54, 1.807) is 0 Å². The number of ether oxygens (including phenoxy) is 1. The maximum Gasteiger partial charge on any atom is 0.307 e. The van der Waals surface area contributed by atoms with Gasteiger partial charge in [0.2, 0.25) is 11.7 Å². The number of nitrogens with zero attached hydrogens (tertiary/aromatic N) is 3. The second-order valence-electron chi connectivity index (χ2n) is 3.38. The Bertz CT molecular complexity index is 702. The number of benzene rings is 1. The van der Waals surface area contributed by atoms with Crippen LogP contribution in [-0.4, -0.2) is 14.9 Å². The van der Waals surface area contributed by atoms with E-state index in [4.69, 9.17) is 16.3 Å². The first-order chi connectivity index (χ1) is 9.40. The number of rotatable bonds is 3. The van der Waals surface area contributed by atoms with Crippen LogP contribution in [0.4, 0.5) is 14.5 Å². The van der Waals surface area contributed by atoms with E-state index in [2.05, 4.69) is 25.9 Å². The molecule has 1 aromatic carbocycles. The van der Waals surface area contributed by atoms with Crippen molar-refractivity contribution in [2.75, 3.05) is 0 Å². The van der Waals surface area contributed by atoms with Gasteiger partial charge in [0.15, 0.2) is 16.7 Å². The third kappa shape index (κ3) is 2.83. The van der Waals surface area contributed by atoms with Gasteiger partial charge in [0.1, 0.15) is 10.8 Å². The van der Waals surface area contributed by atoms with Crippen molar-refractivity contribution in [2.45, 2.75) is 0 Å². The Morgan fingerprint density at radius 2 is 2.00 bits per heavy atom. The van der Waals surface area contributed by atoms with Crippen molar-refractivity contribution in [2.24, 2.45) is 0 Å². The van der Waals surface area contributed by atoms with Crippen molar-refractivity contribution in [1.82, 2.24) is 9.97 Å². The van der Waals surface area contributed by atoms with E-state index in [1.807, 2.05) is 0 Å². The van der Waals surface area contributed by atoms with E-state index in [1.165, 1.54) is 0 Å². The topological polar surface area (TPSA) is 78.2 Å². The second kappa shape index (κ2) is 5.63. The molecule has 1 heterocycles. The molecule has 0 radical (unpaired) electrons. The molecular weight excluding hydrogens is 363 g/mol. The maximum atomic E-state index is 13.6. The Morgan fingerprint density at radius 1 is 1.30 bits per heavy atom. The average molecular weight is 367 g/mol. The van der Waals surface area contributed by atoms with Crippen molar-refractivity contribution >= 4 is 33.2 Å². The zero-order valence-electron chi connectivity index (χ0n) is 9.31. The molecule has 0 spiro atoms. The smallest absolute Gasteiger partial charge is 0.307 e. The van der Waals surface area contributed by atoms with Crippen LogP contribution in [0, 0.1) is 21.7 Å². The fraction of sp³-hybridized carbons (Fsp3) is 0. The van der Waals surface area contributed by atoms with Crippen LogP contribution < -0.4 is 4.74 Å². The van der Waals surface area contributed by atoms with E-state index in [0.29, 0.717) is 12.1 Å². The summed E-state index contributed by atoms with van der Waals surface area (Å²) in [6.07, 6.45) is 1.06. The third-order valence-corrected chi connectivity index (χ3v) is 3.35. The van der Waals surface area contributed by atoms with Crippen molar-refractivity contribution in [1.29, 1.82) is 0 Å². The fourth-order valence-corrected chi connectivity index (χ4v) is 1.66. The summed E-state index contributed by atoms with van der Waals surface area (Å²) in [7, 11) is 0. The number of hydrogen-bond acceptors (Lipinski definition) is 5. The van der Waals surface area contributed by atoms with Crippen molar-refractivity contribution < 1.29 is 18.4 Å². The molecule has 2 rings (SSSR count). The van der Waals surface area contributed by atoms with Gasteiger partial charge in [-0.3, -0.25) is 10.1 Å². The third-order valence-electron chi connectivity index (χ3n) is 2.12. The molecule has 10 heteroatoms. The first-order valence-corrected chi connectivity index (χ1v) is 6.04. The van der Waals surface area contributed by atoms with E-state index in [9.17, 15) is 18.9 Å². The number of nitro groups is 1. The minimum atomic E-state index is -1.23. The molecule has 6 nitrogen and oxygen atoms in total. The standard InChI is InChI=1S/C10H3BrClF2N3O3/c11-8-9(12)15-3-16-10(8)20-7-2-4(13)6(17(18)19)1-5(7)14/h1-3H. The summed E-state index contributed by atoms with van der Waals surface area (Å²) in [4.78, 5) is 16.7. The van der Waals surface area contributed by atoms with E-state index in [0.717, 1.165) is 6.33 Å². The van der Waals surface area contributed by atoms with Gasteiger partial charge in [-0.25, -0.2) is 14.4 Å². The highest BCUT2D eigenvalue weighted by Gasteiger charge is 2.21. The van der Waals surface area contributed by atoms with Crippen molar-refractivity contribution in [3.63, 3.8) is 0 Å². The molecule has 0 aliphatic rings. The molecule has 20 heavy (non-hydrogen) atoms. The van der Waals surface area contributed by atoms with Gasteiger partial charge in [-0.1, -0.05) is 11.6 Å². The molecular formula is C10H3BrClF2N3O3. The summed E-state index contributed by atoms with van der Waals surface area (Å²) in [5, 5.41) is 10.5. The summed E-state index contributed by atoms with van der Waals surface area (Å²) in [6.45, 7) is 0. The predicted molar refractivity (Wildman–Crippen MR) is 67.8 cm³/mol. The largest absolute Gasteiger partial charge is 0.434 e. The molecule has 0 amide bonds. The van der Waals surface area contributed by atoms with Gasteiger partial charge in [-0.05, 0) is 15.9 Å². The second-order valence-corrected chi connectivity index (χ2v) is 4.53. The van der Waals surface area contributed by atoms with Gasteiger partial charge < -0.3 is 4.74 Å². The quantitative estimate of drug-likeness (QED) is 0.468. The molecule has 0 atom stereocenters. The minimum absolute atomic E-state index is 0.0118. The zero-order valence-corrected chi connectivity index (χ0v) is 11.7. The highest BCUT2D eigenvalue weighted by molar-refractivity contribution is 9.10. The Kier molecular flexibility index (Phi) is 4.09. The van der Waals surface area contributed by atoms with Gasteiger partial charge in [0.25, 0.3) is 0 Å². The minimum Gasteiger partial charge on any atom is -0.434 e. The molecule has 2 aromatic rings. The van der Waals surface area contributed by atoms with E-state index < -0.39 is 28.0 Å². The predicted octanol–water partition coefficient (Wildman–Crippen LogP) is 3.87. The lowest BCUT2D eigenvalue weighted by Crippen LogP contribution is -1.98. The van der Waals surface area contributed by atoms with Gasteiger partial charge in [-0.15, -0.1) is 0 Å². The Balaban J connectivity index is 2.42. The van der Waals surface area contributed by atoms with Gasteiger partial charge in [0, 0.05) is 6.07 Å². The van der Waals surface area contributed by atoms with Gasteiger partial charge in [0.05, 0.1) is 11.0 Å². The molecule has 0 fully saturated rings. The zero-order chi connectivity index (χ0) is 14.9. The lowest BCUT2D eigenvalue weighted by Gasteiger charge is -2.07. The highest BCUT2D eigenvalue weighted by atomic mass is 79.9. The molecule has 0 N–H and O–H groups in total.